The van der Waals surface area contributed by atoms with Crippen LogP contribution >= 0.6 is 0 Å². The number of hydrogen-bond donors (Lipinski definition) is 3. The van der Waals surface area contributed by atoms with Gasteiger partial charge in [0.2, 0.25) is 5.91 Å². The highest BCUT2D eigenvalue weighted by Gasteiger charge is 2.45. The molecular weight excluding hydrogens is 462 g/mol. The topological polar surface area (TPSA) is 109 Å². The summed E-state index contributed by atoms with van der Waals surface area (Å²) in [4.78, 5) is 31.8. The van der Waals surface area contributed by atoms with Gasteiger partial charge in [-0.05, 0) is 47.7 Å². The zero-order chi connectivity index (χ0) is 25.1. The molecule has 0 aliphatic carbocycles. The van der Waals surface area contributed by atoms with Crippen molar-refractivity contribution in [2.75, 3.05) is 40.0 Å². The summed E-state index contributed by atoms with van der Waals surface area (Å²) >= 11 is 0. The fourth-order valence-electron chi connectivity index (χ4n) is 5.24. The lowest BCUT2D eigenvalue weighted by Crippen LogP contribution is -2.72. The van der Waals surface area contributed by atoms with Crippen LogP contribution in [0.3, 0.4) is 0 Å². The second kappa shape index (κ2) is 10.8. The first kappa shape index (κ1) is 24.4. The van der Waals surface area contributed by atoms with Crippen LogP contribution < -0.4 is 10.2 Å². The number of nitrogens with zero attached hydrogens (tertiary/aromatic N) is 4. The monoisotopic (exact) mass is 493 g/mol. The van der Waals surface area contributed by atoms with Crippen molar-refractivity contribution in [3.63, 3.8) is 0 Å². The van der Waals surface area contributed by atoms with Gasteiger partial charge in [-0.3, -0.25) is 29.6 Å². The Labute approximate surface area is 209 Å². The summed E-state index contributed by atoms with van der Waals surface area (Å²) in [7, 11) is 0. The Balaban J connectivity index is 1.38. The minimum absolute atomic E-state index is 0.116. The summed E-state index contributed by atoms with van der Waals surface area (Å²) in [6, 6.07) is 14.1. The number of amides is 1. The summed E-state index contributed by atoms with van der Waals surface area (Å²) in [5, 5.41) is 17.5. The lowest BCUT2D eigenvalue weighted by atomic mass is 9.98. The van der Waals surface area contributed by atoms with Crippen molar-refractivity contribution in [3.05, 3.63) is 59.7 Å². The lowest BCUT2D eigenvalue weighted by Gasteiger charge is -2.60. The molecule has 0 spiro atoms. The third kappa shape index (κ3) is 5.43. The number of hydrogen-bond acceptors (Lipinski definition) is 8. The molecular formula is C26H31N5O5. The van der Waals surface area contributed by atoms with E-state index in [1.807, 2.05) is 36.4 Å². The van der Waals surface area contributed by atoms with Crippen molar-refractivity contribution in [1.29, 1.82) is 0 Å². The van der Waals surface area contributed by atoms with E-state index < -0.39 is 5.97 Å². The second-order valence-corrected chi connectivity index (χ2v) is 9.49. The number of carbonyl (C=O) groups is 2. The van der Waals surface area contributed by atoms with E-state index in [4.69, 9.17) is 15.1 Å². The van der Waals surface area contributed by atoms with Crippen molar-refractivity contribution in [2.45, 2.75) is 25.4 Å². The Morgan fingerprint density at radius 2 is 1.61 bits per heavy atom. The standard InChI is InChI=1S/C26H31N5O5/c32-24(27-35)3-1-2-12-36-23-10-9-21(20-7-4-19(5-8-20)6-11-25(33)34)13-22(23)26-30-15-28-14-29(17-30)18-31(26)16-28/h4-11,13,26,35H,1-3,12,14-18H2,(H,27,32)(H,33,34). The van der Waals surface area contributed by atoms with Crippen LogP contribution in [0.1, 0.15) is 36.6 Å². The maximum absolute atomic E-state index is 11.3. The summed E-state index contributed by atoms with van der Waals surface area (Å²) < 4.78 is 6.23. The molecule has 3 N–H and O–H groups in total. The molecule has 4 bridgehead atoms. The summed E-state index contributed by atoms with van der Waals surface area (Å²) in [5.41, 5.74) is 5.74. The highest BCUT2D eigenvalue weighted by molar-refractivity contribution is 5.85. The third-order valence-electron chi connectivity index (χ3n) is 6.75. The van der Waals surface area contributed by atoms with Crippen LogP contribution in [-0.4, -0.2) is 81.7 Å². The average molecular weight is 494 g/mol. The van der Waals surface area contributed by atoms with Gasteiger partial charge in [0.1, 0.15) is 5.75 Å². The van der Waals surface area contributed by atoms with Gasteiger partial charge in [-0.1, -0.05) is 30.3 Å². The van der Waals surface area contributed by atoms with Crippen molar-refractivity contribution in [1.82, 2.24) is 25.1 Å². The van der Waals surface area contributed by atoms with E-state index in [1.54, 1.807) is 11.6 Å². The molecule has 36 heavy (non-hydrogen) atoms. The predicted octanol–water partition coefficient (Wildman–Crippen LogP) is 2.54. The molecule has 1 amide bonds. The van der Waals surface area contributed by atoms with Crippen molar-refractivity contribution >= 4 is 18.0 Å². The van der Waals surface area contributed by atoms with E-state index in [1.165, 1.54) is 0 Å². The van der Waals surface area contributed by atoms with Gasteiger partial charge < -0.3 is 9.84 Å². The van der Waals surface area contributed by atoms with E-state index in [0.717, 1.165) is 67.4 Å². The maximum atomic E-state index is 11.3. The van der Waals surface area contributed by atoms with Gasteiger partial charge in [0.15, 0.2) is 0 Å². The smallest absolute Gasteiger partial charge is 0.328 e. The maximum Gasteiger partial charge on any atom is 0.328 e. The van der Waals surface area contributed by atoms with E-state index in [0.29, 0.717) is 19.4 Å². The molecule has 4 fully saturated rings. The van der Waals surface area contributed by atoms with E-state index in [9.17, 15) is 9.59 Å². The molecule has 4 aliphatic heterocycles. The normalized spacial score (nSPS) is 26.3. The second-order valence-electron chi connectivity index (χ2n) is 9.49. The van der Waals surface area contributed by atoms with E-state index >= 15 is 0 Å². The zero-order valence-corrected chi connectivity index (χ0v) is 20.0. The van der Waals surface area contributed by atoms with Gasteiger partial charge in [-0.15, -0.1) is 0 Å². The Morgan fingerprint density at radius 1 is 0.944 bits per heavy atom. The first-order valence-corrected chi connectivity index (χ1v) is 12.1. The van der Waals surface area contributed by atoms with Crippen molar-refractivity contribution in [2.24, 2.45) is 0 Å². The van der Waals surface area contributed by atoms with E-state index in [-0.39, 0.29) is 18.5 Å². The van der Waals surface area contributed by atoms with Crippen molar-refractivity contribution in [3.8, 4) is 16.9 Å². The summed E-state index contributed by atoms with van der Waals surface area (Å²) in [6.45, 7) is 5.17. The minimum Gasteiger partial charge on any atom is -0.493 e. The molecule has 10 heteroatoms. The molecule has 0 atom stereocenters. The fourth-order valence-corrected chi connectivity index (χ4v) is 5.24. The molecule has 190 valence electrons. The number of benzene rings is 2. The van der Waals surface area contributed by atoms with Gasteiger partial charge in [-0.2, -0.15) is 0 Å². The molecule has 0 saturated carbocycles. The first-order valence-electron chi connectivity index (χ1n) is 12.1. The van der Waals surface area contributed by atoms with Crippen LogP contribution in [0.5, 0.6) is 5.75 Å². The van der Waals surface area contributed by atoms with Crippen LogP contribution in [0.4, 0.5) is 0 Å². The Kier molecular flexibility index (Phi) is 7.30. The molecule has 2 aromatic rings. The summed E-state index contributed by atoms with van der Waals surface area (Å²) in [6.07, 6.45) is 4.44. The number of carbonyl (C=O) groups excluding carboxylic acids is 1. The number of ether oxygens (including phenoxy) is 1. The number of nitrogens with one attached hydrogen (secondary N) is 1. The molecule has 2 aromatic carbocycles. The number of carboxylic acids is 1. The molecule has 10 nitrogen and oxygen atoms in total. The summed E-state index contributed by atoms with van der Waals surface area (Å²) in [5.74, 6) is -0.512. The first-order chi connectivity index (χ1) is 17.5. The Bertz CT molecular complexity index is 1110. The number of unbranched alkanes of at least 4 members (excludes halogenated alkanes) is 1. The highest BCUT2D eigenvalue weighted by Crippen LogP contribution is 2.41. The zero-order valence-electron chi connectivity index (χ0n) is 20.0. The molecule has 0 radical (unpaired) electrons. The van der Waals surface area contributed by atoms with Gasteiger partial charge >= 0.3 is 5.97 Å². The van der Waals surface area contributed by atoms with Crippen LogP contribution in [0.15, 0.2) is 48.5 Å². The van der Waals surface area contributed by atoms with Crippen LogP contribution in [-0.2, 0) is 9.59 Å². The van der Waals surface area contributed by atoms with Crippen LogP contribution in [0.2, 0.25) is 0 Å². The average Bonchev–Trinajstić information content (AvgIpc) is 2.87. The molecule has 0 unspecified atom stereocenters. The minimum atomic E-state index is -0.968. The molecule has 0 aromatic heterocycles. The number of aliphatic carboxylic acids is 1. The van der Waals surface area contributed by atoms with Gasteiger partial charge in [0.25, 0.3) is 0 Å². The predicted molar refractivity (Wildman–Crippen MR) is 132 cm³/mol. The molecule has 4 aliphatic rings. The Morgan fingerprint density at radius 3 is 2.25 bits per heavy atom. The van der Waals surface area contributed by atoms with Crippen LogP contribution in [0.25, 0.3) is 17.2 Å². The van der Waals surface area contributed by atoms with Gasteiger partial charge in [0, 0.05) is 18.1 Å². The highest BCUT2D eigenvalue weighted by atomic mass is 16.5. The van der Waals surface area contributed by atoms with Crippen molar-refractivity contribution < 1.29 is 24.6 Å². The van der Waals surface area contributed by atoms with Gasteiger partial charge in [-0.25, -0.2) is 10.3 Å². The van der Waals surface area contributed by atoms with Crippen LogP contribution in [0, 0.1) is 0 Å². The fraction of sp³-hybridized carbons (Fsp3) is 0.385. The van der Waals surface area contributed by atoms with E-state index in [2.05, 4.69) is 25.7 Å². The number of hydroxylamine groups is 1. The molecule has 4 saturated heterocycles. The molecule has 6 rings (SSSR count). The molecule has 4 heterocycles. The SMILES string of the molecule is O=C(O)C=Cc1ccc(-c2ccc(OCCCCC(=O)NO)c(C3N4CN5CN(C4)CN3C5)c2)cc1. The lowest BCUT2D eigenvalue weighted by molar-refractivity contribution is -0.233. The quantitative estimate of drug-likeness (QED) is 0.199. The number of rotatable bonds is 10. The largest absolute Gasteiger partial charge is 0.493 e. The Hall–Kier alpha value is -3.28. The number of carboxylic acid groups (broad SMARTS) is 1. The third-order valence-corrected chi connectivity index (χ3v) is 6.75. The van der Waals surface area contributed by atoms with Gasteiger partial charge in [0.05, 0.1) is 46.1 Å².